The van der Waals surface area contributed by atoms with Crippen molar-refractivity contribution < 1.29 is 14.3 Å². The molecule has 1 aromatic rings. The molecule has 0 bridgehead atoms. The summed E-state index contributed by atoms with van der Waals surface area (Å²) in [5.41, 5.74) is 0.982. The van der Waals surface area contributed by atoms with Gasteiger partial charge in [-0.1, -0.05) is 0 Å². The largest absolute Gasteiger partial charge is 0.465 e. The molecule has 0 aromatic heterocycles. The number of benzene rings is 1. The number of anilines is 1. The van der Waals surface area contributed by atoms with Crippen LogP contribution in [0.4, 0.5) is 5.69 Å². The van der Waals surface area contributed by atoms with Crippen LogP contribution < -0.4 is 4.90 Å². The van der Waals surface area contributed by atoms with Crippen LogP contribution in [0.2, 0.25) is 0 Å². The molecule has 1 aliphatic rings. The van der Waals surface area contributed by atoms with Crippen LogP contribution in [0.5, 0.6) is 0 Å². The van der Waals surface area contributed by atoms with Gasteiger partial charge >= 0.3 is 5.97 Å². The molecule has 4 nitrogen and oxygen atoms in total. The molecule has 1 saturated heterocycles. The summed E-state index contributed by atoms with van der Waals surface area (Å²) in [5, 5.41) is -0.774. The van der Waals surface area contributed by atoms with Gasteiger partial charge in [0.2, 0.25) is 0 Å². The number of carbonyl (C=O) groups excluding carboxylic acids is 2. The second kappa shape index (κ2) is 4.68. The first-order valence-corrected chi connectivity index (χ1v) is 6.34. The molecule has 0 radical (unpaired) electrons. The van der Waals surface area contributed by atoms with Crippen LogP contribution in [-0.4, -0.2) is 28.6 Å². The van der Waals surface area contributed by atoms with Crippen LogP contribution in [0.15, 0.2) is 24.3 Å². The number of carbonyl (C=O) groups is 2. The van der Waals surface area contributed by atoms with Crippen LogP contribution in [-0.2, 0) is 9.53 Å². The molecule has 1 amide bonds. The number of amides is 1. The zero-order valence-corrected chi connectivity index (χ0v) is 11.9. The second-order valence-electron chi connectivity index (χ2n) is 3.76. The predicted octanol–water partition coefficient (Wildman–Crippen LogP) is 1.94. The van der Waals surface area contributed by atoms with Gasteiger partial charge in [0.15, 0.2) is 9.58 Å². The first-order valence-electron chi connectivity index (χ1n) is 5.01. The fourth-order valence-electron chi connectivity index (χ4n) is 1.67. The number of alkyl halides is 1. The van der Waals surface area contributed by atoms with Gasteiger partial charge < -0.3 is 4.74 Å². The summed E-state index contributed by atoms with van der Waals surface area (Å²) in [6, 6.07) is 6.36. The highest BCUT2D eigenvalue weighted by atomic mass is 35.5. The van der Waals surface area contributed by atoms with E-state index in [1.807, 2.05) is 0 Å². The van der Waals surface area contributed by atoms with Crippen molar-refractivity contribution in [1.29, 1.82) is 0 Å². The van der Waals surface area contributed by atoms with Crippen molar-refractivity contribution in [3.8, 4) is 0 Å². The van der Waals surface area contributed by atoms with Crippen molar-refractivity contribution >= 4 is 54.4 Å². The minimum absolute atomic E-state index is 0.271. The van der Waals surface area contributed by atoms with Gasteiger partial charge in [-0.2, -0.15) is 0 Å². The van der Waals surface area contributed by atoms with Gasteiger partial charge in [0, 0.05) is 5.69 Å². The van der Waals surface area contributed by atoms with Crippen molar-refractivity contribution in [2.45, 2.75) is 9.58 Å². The molecular weight excluding hydrogens is 294 g/mol. The van der Waals surface area contributed by atoms with E-state index in [2.05, 4.69) is 30.0 Å². The first-order chi connectivity index (χ1) is 8.39. The Balaban J connectivity index is 2.26. The van der Waals surface area contributed by atoms with Crippen LogP contribution in [0.25, 0.3) is 0 Å². The zero-order chi connectivity index (χ0) is 13.5. The smallest absolute Gasteiger partial charge is 0.337 e. The fourth-order valence-corrected chi connectivity index (χ4v) is 2.51. The molecule has 1 heterocycles. The summed E-state index contributed by atoms with van der Waals surface area (Å²) in [7, 11) is 1.31. The topological polar surface area (TPSA) is 46.6 Å². The summed E-state index contributed by atoms with van der Waals surface area (Å²) >= 11 is 14.3. The molecule has 0 N–H and O–H groups in total. The Morgan fingerprint density at radius 3 is 2.39 bits per heavy atom. The Morgan fingerprint density at radius 1 is 1.39 bits per heavy atom. The van der Waals surface area contributed by atoms with Crippen molar-refractivity contribution in [3.63, 3.8) is 0 Å². The average Bonchev–Trinajstić information content (AvgIpc) is 2.38. The van der Waals surface area contributed by atoms with Gasteiger partial charge in [0.1, 0.15) is 0 Å². The van der Waals surface area contributed by atoms with Gasteiger partial charge in [-0.15, -0.1) is 36.9 Å². The van der Waals surface area contributed by atoms with E-state index in [1.165, 1.54) is 12.0 Å². The standard InChI is InChI=1S/C11H10ClNO3S2/c1-16-10(15)6-2-4-7(5-3-6)13-9(14)8(12)11(13,17)18/h2-5,8,17-18H,1H3. The average molecular weight is 304 g/mol. The normalized spacial score (nSPS) is 21.4. The molecule has 2 rings (SSSR count). The first kappa shape index (κ1) is 13.6. The van der Waals surface area contributed by atoms with Gasteiger partial charge in [0.25, 0.3) is 5.91 Å². The summed E-state index contributed by atoms with van der Waals surface area (Å²) in [6.07, 6.45) is 0. The Labute approximate surface area is 120 Å². The highest BCUT2D eigenvalue weighted by molar-refractivity contribution is 8.01. The second-order valence-corrected chi connectivity index (χ2v) is 5.91. The molecule has 18 heavy (non-hydrogen) atoms. The Hall–Kier alpha value is -0.850. The number of hydrogen-bond donors (Lipinski definition) is 2. The Morgan fingerprint density at radius 2 is 1.94 bits per heavy atom. The summed E-state index contributed by atoms with van der Waals surface area (Å²) < 4.78 is 3.56. The van der Waals surface area contributed by atoms with Crippen LogP contribution in [0.3, 0.4) is 0 Å². The Bertz CT molecular complexity index is 504. The third-order valence-electron chi connectivity index (χ3n) is 2.65. The molecule has 96 valence electrons. The van der Waals surface area contributed by atoms with Gasteiger partial charge in [-0.05, 0) is 24.3 Å². The van der Waals surface area contributed by atoms with Crippen LogP contribution in [0.1, 0.15) is 10.4 Å². The molecule has 1 atom stereocenters. The third kappa shape index (κ3) is 1.98. The lowest BCUT2D eigenvalue weighted by Crippen LogP contribution is -2.67. The van der Waals surface area contributed by atoms with Gasteiger partial charge in [0.05, 0.1) is 12.7 Å². The van der Waals surface area contributed by atoms with Crippen molar-refractivity contribution in [2.24, 2.45) is 0 Å². The SMILES string of the molecule is COC(=O)c1ccc(N2C(=O)C(Cl)C2(S)S)cc1. The highest BCUT2D eigenvalue weighted by Crippen LogP contribution is 2.45. The van der Waals surface area contributed by atoms with E-state index < -0.39 is 15.5 Å². The number of thiol groups is 2. The highest BCUT2D eigenvalue weighted by Gasteiger charge is 2.56. The molecule has 7 heteroatoms. The monoisotopic (exact) mass is 303 g/mol. The third-order valence-corrected chi connectivity index (χ3v) is 4.38. The zero-order valence-electron chi connectivity index (χ0n) is 9.33. The maximum atomic E-state index is 11.7. The van der Waals surface area contributed by atoms with E-state index in [9.17, 15) is 9.59 Å². The quantitative estimate of drug-likeness (QED) is 0.289. The number of halogens is 1. The van der Waals surface area contributed by atoms with Crippen LogP contribution >= 0.6 is 36.9 Å². The lowest BCUT2D eigenvalue weighted by atomic mass is 10.1. The number of nitrogens with zero attached hydrogens (tertiary/aromatic N) is 1. The fraction of sp³-hybridized carbons (Fsp3) is 0.273. The summed E-state index contributed by atoms with van der Waals surface area (Å²) in [4.78, 5) is 24.3. The number of esters is 1. The van der Waals surface area contributed by atoms with Gasteiger partial charge in [-0.3, -0.25) is 9.69 Å². The van der Waals surface area contributed by atoms with E-state index in [1.54, 1.807) is 24.3 Å². The van der Waals surface area contributed by atoms with E-state index in [-0.39, 0.29) is 5.91 Å². The van der Waals surface area contributed by atoms with Crippen molar-refractivity contribution in [3.05, 3.63) is 29.8 Å². The maximum absolute atomic E-state index is 11.7. The molecule has 1 aliphatic heterocycles. The molecule has 1 unspecified atom stereocenters. The molecule has 0 spiro atoms. The number of hydrogen-bond acceptors (Lipinski definition) is 5. The van der Waals surface area contributed by atoms with E-state index in [0.717, 1.165) is 0 Å². The lowest BCUT2D eigenvalue weighted by Gasteiger charge is -2.49. The molecular formula is C11H10ClNO3S2. The Kier molecular flexibility index (Phi) is 3.53. The number of methoxy groups -OCH3 is 1. The minimum Gasteiger partial charge on any atom is -0.465 e. The summed E-state index contributed by atoms with van der Waals surface area (Å²) in [5.74, 6) is -0.706. The predicted molar refractivity (Wildman–Crippen MR) is 75.6 cm³/mol. The van der Waals surface area contributed by atoms with E-state index >= 15 is 0 Å². The van der Waals surface area contributed by atoms with E-state index in [0.29, 0.717) is 11.3 Å². The van der Waals surface area contributed by atoms with Crippen molar-refractivity contribution in [2.75, 3.05) is 12.0 Å². The van der Waals surface area contributed by atoms with Crippen LogP contribution in [0, 0.1) is 0 Å². The summed E-state index contributed by atoms with van der Waals surface area (Å²) in [6.45, 7) is 0. The number of rotatable bonds is 2. The van der Waals surface area contributed by atoms with E-state index in [4.69, 9.17) is 11.6 Å². The van der Waals surface area contributed by atoms with Crippen molar-refractivity contribution in [1.82, 2.24) is 0 Å². The molecule has 1 fully saturated rings. The number of β-lactam (4-membered cyclic amide) rings is 1. The number of ether oxygens (including phenoxy) is 1. The minimum atomic E-state index is -1.02. The maximum Gasteiger partial charge on any atom is 0.337 e. The molecule has 0 aliphatic carbocycles. The molecule has 0 saturated carbocycles. The molecule has 1 aromatic carbocycles. The lowest BCUT2D eigenvalue weighted by molar-refractivity contribution is -0.122. The van der Waals surface area contributed by atoms with Gasteiger partial charge in [-0.25, -0.2) is 4.79 Å².